The minimum atomic E-state index is -0.848. The molecule has 1 unspecified atom stereocenters. The summed E-state index contributed by atoms with van der Waals surface area (Å²) in [6.07, 6.45) is -0.246. The number of rotatable bonds is 1. The Morgan fingerprint density at radius 3 is 2.60 bits per heavy atom. The van der Waals surface area contributed by atoms with Crippen LogP contribution in [0.2, 0.25) is 0 Å². The summed E-state index contributed by atoms with van der Waals surface area (Å²) in [5.74, 6) is 0. The van der Waals surface area contributed by atoms with Gasteiger partial charge in [-0.05, 0) is 13.3 Å². The molecule has 2 radical (unpaired) electrons. The van der Waals surface area contributed by atoms with Crippen LogP contribution < -0.4 is 0 Å². The summed E-state index contributed by atoms with van der Waals surface area (Å²) in [7, 11) is 5.38. The van der Waals surface area contributed by atoms with Crippen LogP contribution >= 0.6 is 0 Å². The van der Waals surface area contributed by atoms with Gasteiger partial charge in [0.1, 0.15) is 13.4 Å². The number of ether oxygens (including phenoxy) is 1. The molecule has 56 valence electrons. The van der Waals surface area contributed by atoms with Crippen LogP contribution in [0, 0.1) is 0 Å². The molecule has 1 rings (SSSR count). The molecular formula is C6H11BO3. The highest BCUT2D eigenvalue weighted by Gasteiger charge is 2.41. The van der Waals surface area contributed by atoms with Crippen molar-refractivity contribution in [1.82, 2.24) is 0 Å². The molecule has 0 aromatic heterocycles. The monoisotopic (exact) mass is 142 g/mol. The van der Waals surface area contributed by atoms with Gasteiger partial charge in [0.05, 0.1) is 12.7 Å². The van der Waals surface area contributed by atoms with Gasteiger partial charge in [-0.25, -0.2) is 0 Å². The van der Waals surface area contributed by atoms with E-state index in [1.165, 1.54) is 0 Å². The van der Waals surface area contributed by atoms with Gasteiger partial charge >= 0.3 is 0 Å². The second-order valence-corrected chi connectivity index (χ2v) is 2.88. The van der Waals surface area contributed by atoms with Crippen LogP contribution in [-0.2, 0) is 4.74 Å². The molecule has 10 heavy (non-hydrogen) atoms. The average molecular weight is 142 g/mol. The molecule has 0 aliphatic carbocycles. The van der Waals surface area contributed by atoms with Crippen LogP contribution in [0.5, 0.6) is 0 Å². The molecule has 1 heterocycles. The highest BCUT2D eigenvalue weighted by Crippen LogP contribution is 2.28. The number of hydrogen-bond acceptors (Lipinski definition) is 3. The quantitative estimate of drug-likeness (QED) is 0.462. The molecule has 1 fully saturated rings. The average Bonchev–Trinajstić information content (AvgIpc) is 2.09. The molecule has 1 saturated heterocycles. The van der Waals surface area contributed by atoms with Gasteiger partial charge in [0, 0.05) is 6.00 Å². The fraction of sp³-hybridized carbons (Fsp3) is 1.00. The van der Waals surface area contributed by atoms with Crippen molar-refractivity contribution >= 4 is 7.85 Å². The van der Waals surface area contributed by atoms with E-state index in [4.69, 9.17) is 17.7 Å². The fourth-order valence-electron chi connectivity index (χ4n) is 1.08. The second-order valence-electron chi connectivity index (χ2n) is 2.88. The van der Waals surface area contributed by atoms with Crippen LogP contribution in [0.4, 0.5) is 0 Å². The SMILES string of the molecule is [B][C@H]1CC(O)[C@@](C)(CO)O1. The first kappa shape index (κ1) is 8.05. The van der Waals surface area contributed by atoms with E-state index >= 15 is 0 Å². The van der Waals surface area contributed by atoms with Crippen LogP contribution in [0.25, 0.3) is 0 Å². The highest BCUT2D eigenvalue weighted by atomic mass is 16.5. The van der Waals surface area contributed by atoms with Gasteiger partial charge in [-0.2, -0.15) is 0 Å². The summed E-state index contributed by atoms with van der Waals surface area (Å²) < 4.78 is 5.09. The van der Waals surface area contributed by atoms with Crippen LogP contribution in [0.15, 0.2) is 0 Å². The maximum atomic E-state index is 9.25. The molecule has 1 aliphatic rings. The minimum Gasteiger partial charge on any atom is -0.393 e. The van der Waals surface area contributed by atoms with Gasteiger partial charge in [-0.15, -0.1) is 0 Å². The third-order valence-electron chi connectivity index (χ3n) is 1.90. The Morgan fingerprint density at radius 1 is 1.80 bits per heavy atom. The predicted octanol–water partition coefficient (Wildman–Crippen LogP) is -0.987. The lowest BCUT2D eigenvalue weighted by Gasteiger charge is -2.24. The van der Waals surface area contributed by atoms with Crippen molar-refractivity contribution < 1.29 is 14.9 Å². The van der Waals surface area contributed by atoms with Crippen molar-refractivity contribution in [2.24, 2.45) is 0 Å². The van der Waals surface area contributed by atoms with E-state index in [0.29, 0.717) is 6.42 Å². The first-order chi connectivity index (χ1) is 4.58. The zero-order valence-electron chi connectivity index (χ0n) is 5.95. The summed E-state index contributed by atoms with van der Waals surface area (Å²) in [6.45, 7) is 1.45. The third kappa shape index (κ3) is 1.19. The molecule has 3 atom stereocenters. The first-order valence-electron chi connectivity index (χ1n) is 3.31. The smallest absolute Gasteiger partial charge is 0.113 e. The van der Waals surface area contributed by atoms with E-state index in [0.717, 1.165) is 0 Å². The zero-order valence-corrected chi connectivity index (χ0v) is 5.95. The number of aliphatic hydroxyl groups is 2. The number of aliphatic hydroxyl groups excluding tert-OH is 2. The van der Waals surface area contributed by atoms with E-state index in [1.807, 2.05) is 0 Å². The topological polar surface area (TPSA) is 49.7 Å². The summed E-state index contributed by atoms with van der Waals surface area (Å²) in [4.78, 5) is 0. The minimum absolute atomic E-state index is 0.193. The molecule has 0 aromatic carbocycles. The lowest BCUT2D eigenvalue weighted by atomic mass is 9.93. The van der Waals surface area contributed by atoms with Gasteiger partial charge < -0.3 is 14.9 Å². The predicted molar refractivity (Wildman–Crippen MR) is 36.7 cm³/mol. The van der Waals surface area contributed by atoms with E-state index in [1.54, 1.807) is 6.92 Å². The van der Waals surface area contributed by atoms with E-state index in [-0.39, 0.29) is 6.61 Å². The van der Waals surface area contributed by atoms with Crippen molar-refractivity contribution in [1.29, 1.82) is 0 Å². The maximum absolute atomic E-state index is 9.25. The first-order valence-corrected chi connectivity index (χ1v) is 3.31. The Morgan fingerprint density at radius 2 is 2.40 bits per heavy atom. The lowest BCUT2D eigenvalue weighted by molar-refractivity contribution is -0.0839. The van der Waals surface area contributed by atoms with Crippen molar-refractivity contribution in [2.45, 2.75) is 31.1 Å². The largest absolute Gasteiger partial charge is 0.393 e. The molecule has 4 heteroatoms. The molecule has 3 nitrogen and oxygen atoms in total. The molecule has 0 spiro atoms. The van der Waals surface area contributed by atoms with Gasteiger partial charge in [0.2, 0.25) is 0 Å². The normalized spacial score (nSPS) is 47.9. The Balaban J connectivity index is 2.61. The molecule has 0 saturated carbocycles. The van der Waals surface area contributed by atoms with Crippen molar-refractivity contribution in [3.63, 3.8) is 0 Å². The van der Waals surface area contributed by atoms with Crippen LogP contribution in [-0.4, -0.2) is 42.4 Å². The van der Waals surface area contributed by atoms with Crippen LogP contribution in [0.1, 0.15) is 13.3 Å². The molecule has 0 bridgehead atoms. The lowest BCUT2D eigenvalue weighted by Crippen LogP contribution is -2.39. The van der Waals surface area contributed by atoms with E-state index in [9.17, 15) is 5.11 Å². The van der Waals surface area contributed by atoms with Crippen molar-refractivity contribution in [3.8, 4) is 0 Å². The summed E-state index contributed by atoms with van der Waals surface area (Å²) in [6, 6.07) is -0.438. The van der Waals surface area contributed by atoms with Gasteiger partial charge in [-0.1, -0.05) is 0 Å². The molecule has 2 N–H and O–H groups in total. The molecule has 0 amide bonds. The third-order valence-corrected chi connectivity index (χ3v) is 1.90. The number of hydrogen-bond donors (Lipinski definition) is 2. The van der Waals surface area contributed by atoms with Crippen molar-refractivity contribution in [2.75, 3.05) is 6.61 Å². The van der Waals surface area contributed by atoms with E-state index in [2.05, 4.69) is 0 Å². The molecule has 0 aromatic rings. The van der Waals surface area contributed by atoms with Gasteiger partial charge in [0.15, 0.2) is 0 Å². The van der Waals surface area contributed by atoms with Crippen LogP contribution in [0.3, 0.4) is 0 Å². The maximum Gasteiger partial charge on any atom is 0.113 e. The van der Waals surface area contributed by atoms with Gasteiger partial charge in [-0.3, -0.25) is 0 Å². The summed E-state index contributed by atoms with van der Waals surface area (Å²) >= 11 is 0. The summed E-state index contributed by atoms with van der Waals surface area (Å²) in [5.41, 5.74) is -0.848. The fourth-order valence-corrected chi connectivity index (χ4v) is 1.08. The van der Waals surface area contributed by atoms with Gasteiger partial charge in [0.25, 0.3) is 0 Å². The Bertz CT molecular complexity index is 130. The molecular weight excluding hydrogens is 131 g/mol. The zero-order chi connectivity index (χ0) is 7.78. The summed E-state index contributed by atoms with van der Waals surface area (Å²) in [5, 5.41) is 18.0. The molecule has 1 aliphatic heterocycles. The van der Waals surface area contributed by atoms with E-state index < -0.39 is 17.7 Å². The second kappa shape index (κ2) is 2.53. The van der Waals surface area contributed by atoms with Crippen molar-refractivity contribution in [3.05, 3.63) is 0 Å². The standard InChI is InChI=1S/C6H11BO3/c1-6(3-8)4(9)2-5(7)10-6/h4-5,8-9H,2-3H2,1H3/t4?,5-,6-/m1/s1. The Kier molecular flexibility index (Phi) is 2.03. The Labute approximate surface area is 61.4 Å². The highest BCUT2D eigenvalue weighted by molar-refractivity contribution is 6.11. The Hall–Kier alpha value is -0.0551.